The molecule has 0 fully saturated rings. The standard InChI is InChI=1S/C23H27N3O2/c1-5-6-19(18-11-15(2)7-8-16(18)3)25-23-14-24-13-20(26-23)17-9-10-21(27)22(12-17)28-4/h7-14,19,27H,5-6H2,1-4H3,(H,25,26). The Morgan fingerprint density at radius 1 is 1.11 bits per heavy atom. The Labute approximate surface area is 166 Å². The Morgan fingerprint density at radius 2 is 1.93 bits per heavy atom. The van der Waals surface area contributed by atoms with Crippen LogP contribution in [-0.4, -0.2) is 22.2 Å². The average Bonchev–Trinajstić information content (AvgIpc) is 2.70. The molecule has 3 rings (SSSR count). The third-order valence-electron chi connectivity index (χ3n) is 4.82. The van der Waals surface area contributed by atoms with Gasteiger partial charge in [-0.25, -0.2) is 4.98 Å². The number of benzene rings is 2. The number of phenolic OH excluding ortho intramolecular Hbond substituents is 1. The molecule has 0 aliphatic carbocycles. The van der Waals surface area contributed by atoms with Crippen LogP contribution >= 0.6 is 0 Å². The van der Waals surface area contributed by atoms with E-state index in [-0.39, 0.29) is 11.8 Å². The lowest BCUT2D eigenvalue weighted by atomic mass is 9.96. The Kier molecular flexibility index (Phi) is 6.14. The Balaban J connectivity index is 1.91. The van der Waals surface area contributed by atoms with Crippen molar-refractivity contribution >= 4 is 5.82 Å². The molecule has 1 unspecified atom stereocenters. The molecule has 1 aromatic heterocycles. The van der Waals surface area contributed by atoms with Gasteiger partial charge in [-0.15, -0.1) is 0 Å². The molecule has 5 heteroatoms. The highest BCUT2D eigenvalue weighted by molar-refractivity contribution is 5.64. The molecular formula is C23H27N3O2. The molecule has 0 saturated heterocycles. The molecule has 5 nitrogen and oxygen atoms in total. The van der Waals surface area contributed by atoms with Crippen LogP contribution in [0.3, 0.4) is 0 Å². The first-order valence-electron chi connectivity index (χ1n) is 9.55. The zero-order valence-corrected chi connectivity index (χ0v) is 16.9. The first kappa shape index (κ1) is 19.7. The summed E-state index contributed by atoms with van der Waals surface area (Å²) in [7, 11) is 1.53. The van der Waals surface area contributed by atoms with Crippen LogP contribution in [0, 0.1) is 13.8 Å². The fraction of sp³-hybridized carbons (Fsp3) is 0.304. The predicted molar refractivity (Wildman–Crippen MR) is 113 cm³/mol. The Morgan fingerprint density at radius 3 is 2.68 bits per heavy atom. The van der Waals surface area contributed by atoms with Gasteiger partial charge in [0, 0.05) is 5.56 Å². The van der Waals surface area contributed by atoms with Gasteiger partial charge in [-0.05, 0) is 49.6 Å². The molecule has 0 saturated carbocycles. The highest BCUT2D eigenvalue weighted by Crippen LogP contribution is 2.31. The van der Waals surface area contributed by atoms with Crippen molar-refractivity contribution in [2.75, 3.05) is 12.4 Å². The molecule has 0 aliphatic heterocycles. The molecule has 0 amide bonds. The number of ether oxygens (including phenoxy) is 1. The summed E-state index contributed by atoms with van der Waals surface area (Å²) in [6.07, 6.45) is 5.52. The Bertz CT molecular complexity index is 956. The minimum absolute atomic E-state index is 0.103. The van der Waals surface area contributed by atoms with Crippen LogP contribution in [0.5, 0.6) is 11.5 Å². The first-order chi connectivity index (χ1) is 13.5. The van der Waals surface area contributed by atoms with Gasteiger partial charge < -0.3 is 15.2 Å². The number of aromatic nitrogens is 2. The molecular weight excluding hydrogens is 350 g/mol. The molecule has 1 atom stereocenters. The second kappa shape index (κ2) is 8.74. The van der Waals surface area contributed by atoms with Gasteiger partial charge in [-0.2, -0.15) is 0 Å². The number of anilines is 1. The minimum atomic E-state index is 0.103. The normalized spacial score (nSPS) is 11.9. The van der Waals surface area contributed by atoms with Crippen molar-refractivity contribution in [3.8, 4) is 22.8 Å². The van der Waals surface area contributed by atoms with Crippen LogP contribution in [0.1, 0.15) is 42.5 Å². The second-order valence-electron chi connectivity index (χ2n) is 7.02. The molecule has 1 heterocycles. The van der Waals surface area contributed by atoms with Gasteiger partial charge in [0.1, 0.15) is 5.82 Å². The highest BCUT2D eigenvalue weighted by atomic mass is 16.5. The lowest BCUT2D eigenvalue weighted by Gasteiger charge is -2.22. The molecule has 0 aliphatic rings. The molecule has 2 N–H and O–H groups in total. The quantitative estimate of drug-likeness (QED) is 0.575. The minimum Gasteiger partial charge on any atom is -0.504 e. The van der Waals surface area contributed by atoms with Gasteiger partial charge >= 0.3 is 0 Å². The van der Waals surface area contributed by atoms with E-state index in [1.54, 1.807) is 30.6 Å². The van der Waals surface area contributed by atoms with Gasteiger partial charge in [0.05, 0.1) is 31.2 Å². The summed E-state index contributed by atoms with van der Waals surface area (Å²) in [4.78, 5) is 9.09. The van der Waals surface area contributed by atoms with Crippen LogP contribution in [0.15, 0.2) is 48.8 Å². The zero-order chi connectivity index (χ0) is 20.1. The van der Waals surface area contributed by atoms with Crippen molar-refractivity contribution in [1.82, 2.24) is 9.97 Å². The fourth-order valence-electron chi connectivity index (χ4n) is 3.32. The maximum atomic E-state index is 9.82. The predicted octanol–water partition coefficient (Wildman–Crippen LogP) is 5.43. The van der Waals surface area contributed by atoms with Crippen LogP contribution in [-0.2, 0) is 0 Å². The number of phenols is 1. The van der Waals surface area contributed by atoms with Crippen molar-refractivity contribution in [2.24, 2.45) is 0 Å². The summed E-state index contributed by atoms with van der Waals surface area (Å²) >= 11 is 0. The van der Waals surface area contributed by atoms with Crippen molar-refractivity contribution in [3.63, 3.8) is 0 Å². The van der Waals surface area contributed by atoms with Crippen LogP contribution < -0.4 is 10.1 Å². The van der Waals surface area contributed by atoms with Crippen molar-refractivity contribution < 1.29 is 9.84 Å². The number of nitrogens with zero attached hydrogens (tertiary/aromatic N) is 2. The largest absolute Gasteiger partial charge is 0.504 e. The summed E-state index contributed by atoms with van der Waals surface area (Å²) in [5.74, 6) is 1.24. The van der Waals surface area contributed by atoms with Crippen molar-refractivity contribution in [2.45, 2.75) is 39.7 Å². The maximum absolute atomic E-state index is 9.82. The third-order valence-corrected chi connectivity index (χ3v) is 4.82. The van der Waals surface area contributed by atoms with Crippen molar-refractivity contribution in [1.29, 1.82) is 0 Å². The number of aromatic hydroxyl groups is 1. The van der Waals surface area contributed by atoms with Crippen molar-refractivity contribution in [3.05, 3.63) is 65.5 Å². The van der Waals surface area contributed by atoms with Gasteiger partial charge in [0.15, 0.2) is 11.5 Å². The molecule has 0 radical (unpaired) electrons. The van der Waals surface area contributed by atoms with Gasteiger partial charge in [0.25, 0.3) is 0 Å². The topological polar surface area (TPSA) is 67.3 Å². The summed E-state index contributed by atoms with van der Waals surface area (Å²) < 4.78 is 5.20. The summed E-state index contributed by atoms with van der Waals surface area (Å²) in [5.41, 5.74) is 5.37. The molecule has 146 valence electrons. The number of nitrogens with one attached hydrogen (secondary N) is 1. The molecule has 28 heavy (non-hydrogen) atoms. The van der Waals surface area contributed by atoms with E-state index in [1.165, 1.54) is 23.8 Å². The van der Waals surface area contributed by atoms with Gasteiger partial charge in [-0.3, -0.25) is 4.98 Å². The highest BCUT2D eigenvalue weighted by Gasteiger charge is 2.15. The lowest BCUT2D eigenvalue weighted by Crippen LogP contribution is -2.13. The van der Waals surface area contributed by atoms with E-state index in [0.29, 0.717) is 5.75 Å². The summed E-state index contributed by atoms with van der Waals surface area (Å²) in [6, 6.07) is 11.9. The fourth-order valence-corrected chi connectivity index (χ4v) is 3.32. The Hall–Kier alpha value is -3.08. The van der Waals surface area contributed by atoms with Crippen LogP contribution in [0.4, 0.5) is 5.82 Å². The van der Waals surface area contributed by atoms with Gasteiger partial charge in [0.2, 0.25) is 0 Å². The molecule has 0 bridgehead atoms. The first-order valence-corrected chi connectivity index (χ1v) is 9.55. The van der Waals surface area contributed by atoms with E-state index >= 15 is 0 Å². The van der Waals surface area contributed by atoms with E-state index in [4.69, 9.17) is 9.72 Å². The SMILES string of the molecule is CCCC(Nc1cncc(-c2ccc(O)c(OC)c2)n1)c1cc(C)ccc1C. The summed E-state index contributed by atoms with van der Waals surface area (Å²) in [6.45, 7) is 6.44. The lowest BCUT2D eigenvalue weighted by molar-refractivity contribution is 0.373. The molecule has 0 spiro atoms. The zero-order valence-electron chi connectivity index (χ0n) is 16.9. The molecule has 3 aromatic rings. The van der Waals surface area contributed by atoms with Crippen LogP contribution in [0.2, 0.25) is 0 Å². The smallest absolute Gasteiger partial charge is 0.161 e. The van der Waals surface area contributed by atoms with E-state index in [2.05, 4.69) is 49.3 Å². The summed E-state index contributed by atoms with van der Waals surface area (Å²) in [5, 5.41) is 13.4. The van der Waals surface area contributed by atoms with Gasteiger partial charge in [-0.1, -0.05) is 37.1 Å². The van der Waals surface area contributed by atoms with Crippen LogP contribution in [0.25, 0.3) is 11.3 Å². The number of hydrogen-bond acceptors (Lipinski definition) is 5. The van der Waals surface area contributed by atoms with E-state index < -0.39 is 0 Å². The van der Waals surface area contributed by atoms with E-state index in [1.807, 2.05) is 0 Å². The van der Waals surface area contributed by atoms with E-state index in [9.17, 15) is 5.11 Å². The number of aryl methyl sites for hydroxylation is 2. The monoisotopic (exact) mass is 377 g/mol. The number of rotatable bonds is 7. The second-order valence-corrected chi connectivity index (χ2v) is 7.02. The number of methoxy groups -OCH3 is 1. The average molecular weight is 377 g/mol. The number of hydrogen-bond donors (Lipinski definition) is 2. The molecule has 2 aromatic carbocycles. The van der Waals surface area contributed by atoms with E-state index in [0.717, 1.165) is 29.9 Å². The maximum Gasteiger partial charge on any atom is 0.161 e. The third kappa shape index (κ3) is 4.42.